The summed E-state index contributed by atoms with van der Waals surface area (Å²) in [5.74, 6) is 0.289. The molecule has 3 rings (SSSR count). The molecular formula is C23H29IO4. The van der Waals surface area contributed by atoms with E-state index in [4.69, 9.17) is 4.74 Å². The summed E-state index contributed by atoms with van der Waals surface area (Å²) in [6, 6.07) is 9.88. The second-order valence-corrected chi connectivity index (χ2v) is 12.0. The Morgan fingerprint density at radius 2 is 1.64 bits per heavy atom. The van der Waals surface area contributed by atoms with Crippen LogP contribution in [0.2, 0.25) is 0 Å². The van der Waals surface area contributed by atoms with Crippen LogP contribution in [0.4, 0.5) is 0 Å². The van der Waals surface area contributed by atoms with Gasteiger partial charge in [0.2, 0.25) is 0 Å². The summed E-state index contributed by atoms with van der Waals surface area (Å²) < 4.78 is 7.13. The standard InChI is InChI=1S/C23H29IO4/c1-22(2,3)28-20(27)13-16-9-11-23(12-10-16)14-18(25)21(19(26)15-23)24-17-7-5-4-6-8-17/h4-8,16H,9-15H2,1-3H3. The number of carbonyl (C=O) groups is 3. The van der Waals surface area contributed by atoms with Gasteiger partial charge in [-0.15, -0.1) is 0 Å². The Morgan fingerprint density at radius 1 is 1.07 bits per heavy atom. The first-order chi connectivity index (χ1) is 13.2. The van der Waals surface area contributed by atoms with Gasteiger partial charge in [-0.2, -0.15) is 0 Å². The van der Waals surface area contributed by atoms with Crippen molar-refractivity contribution < 1.29 is 19.1 Å². The number of esters is 1. The van der Waals surface area contributed by atoms with Crippen molar-refractivity contribution in [1.82, 2.24) is 0 Å². The Labute approximate surface area is 177 Å². The van der Waals surface area contributed by atoms with Crippen LogP contribution in [-0.4, -0.2) is 26.6 Å². The number of ether oxygens (including phenoxy) is 1. The van der Waals surface area contributed by atoms with Crippen LogP contribution >= 0.6 is 20.7 Å². The van der Waals surface area contributed by atoms with Crippen molar-refractivity contribution in [2.75, 3.05) is 0 Å². The summed E-state index contributed by atoms with van der Waals surface area (Å²) >= 11 is -0.693. The van der Waals surface area contributed by atoms with Gasteiger partial charge in [-0.3, -0.25) is 14.4 Å². The van der Waals surface area contributed by atoms with Crippen molar-refractivity contribution in [2.24, 2.45) is 11.3 Å². The second kappa shape index (κ2) is 8.56. The summed E-state index contributed by atoms with van der Waals surface area (Å²) in [4.78, 5) is 37.7. The number of hydrogen-bond donors (Lipinski definition) is 0. The molecule has 0 bridgehead atoms. The maximum atomic E-state index is 12.8. The van der Waals surface area contributed by atoms with Crippen molar-refractivity contribution in [3.05, 3.63) is 33.9 Å². The van der Waals surface area contributed by atoms with Crippen LogP contribution < -0.4 is 0 Å². The molecule has 2 aliphatic carbocycles. The maximum Gasteiger partial charge on any atom is 0.306 e. The summed E-state index contributed by atoms with van der Waals surface area (Å²) in [5, 5.41) is 0. The average molecular weight is 496 g/mol. The van der Waals surface area contributed by atoms with Gasteiger partial charge in [0.1, 0.15) is 5.60 Å². The monoisotopic (exact) mass is 496 g/mol. The molecule has 152 valence electrons. The van der Waals surface area contributed by atoms with Crippen molar-refractivity contribution in [3.8, 4) is 0 Å². The van der Waals surface area contributed by atoms with Gasteiger partial charge in [0.15, 0.2) is 11.6 Å². The topological polar surface area (TPSA) is 60.4 Å². The number of benzene rings is 1. The third-order valence-corrected chi connectivity index (χ3v) is 8.62. The zero-order valence-electron chi connectivity index (χ0n) is 16.9. The molecule has 5 heteroatoms. The third kappa shape index (κ3) is 5.58. The van der Waals surface area contributed by atoms with E-state index < -0.39 is 26.3 Å². The predicted octanol–water partition coefficient (Wildman–Crippen LogP) is 4.84. The SMILES string of the molecule is CC(C)(C)OC(=O)CC1CCC2(CC1)CC(=O)C(=Ic1ccccc1)C(=O)C2. The number of ketones is 2. The molecule has 28 heavy (non-hydrogen) atoms. The molecule has 0 aromatic heterocycles. The van der Waals surface area contributed by atoms with Crippen LogP contribution in [0.5, 0.6) is 0 Å². The molecule has 0 amide bonds. The summed E-state index contributed by atoms with van der Waals surface area (Å²) in [6.45, 7) is 5.64. The largest absolute Gasteiger partial charge is 0.460 e. The highest BCUT2D eigenvalue weighted by molar-refractivity contribution is 14.2. The van der Waals surface area contributed by atoms with E-state index >= 15 is 0 Å². The molecule has 2 saturated carbocycles. The molecule has 4 nitrogen and oxygen atoms in total. The van der Waals surface area contributed by atoms with Gasteiger partial charge in [0.25, 0.3) is 0 Å². The molecule has 2 fully saturated rings. The molecule has 0 radical (unpaired) electrons. The zero-order chi connectivity index (χ0) is 20.4. The number of Topliss-reactive ketones (excluding diaryl/α,β-unsaturated/α-hetero) is 2. The summed E-state index contributed by atoms with van der Waals surface area (Å²) in [6.07, 6.45) is 4.93. The van der Waals surface area contributed by atoms with Crippen LogP contribution in [0.1, 0.15) is 65.7 Å². The van der Waals surface area contributed by atoms with Gasteiger partial charge in [-0.25, -0.2) is 0 Å². The van der Waals surface area contributed by atoms with E-state index in [9.17, 15) is 14.4 Å². The minimum Gasteiger partial charge on any atom is -0.460 e. The number of halogens is 1. The van der Waals surface area contributed by atoms with Gasteiger partial charge in [0, 0.05) is 22.8 Å². The molecule has 1 aromatic rings. The van der Waals surface area contributed by atoms with Crippen LogP contribution in [0.25, 0.3) is 0 Å². The Morgan fingerprint density at radius 3 is 2.18 bits per heavy atom. The second-order valence-electron chi connectivity index (χ2n) is 9.14. The smallest absolute Gasteiger partial charge is 0.306 e. The fraction of sp³-hybridized carbons (Fsp3) is 0.565. The zero-order valence-corrected chi connectivity index (χ0v) is 19.1. The lowest BCUT2D eigenvalue weighted by molar-refractivity contribution is -0.156. The van der Waals surface area contributed by atoms with Crippen LogP contribution in [0.15, 0.2) is 30.3 Å². The van der Waals surface area contributed by atoms with Gasteiger partial charge < -0.3 is 4.74 Å². The Kier molecular flexibility index (Phi) is 6.52. The highest BCUT2D eigenvalue weighted by atomic mass is 127. The Hall–Kier alpha value is -1.37. The fourth-order valence-electron chi connectivity index (χ4n) is 4.21. The van der Waals surface area contributed by atoms with E-state index in [2.05, 4.69) is 0 Å². The first-order valence-corrected chi connectivity index (χ1v) is 12.2. The summed E-state index contributed by atoms with van der Waals surface area (Å²) in [7, 11) is 0. The lowest BCUT2D eigenvalue weighted by Crippen LogP contribution is -2.42. The molecule has 0 saturated heterocycles. The van der Waals surface area contributed by atoms with E-state index in [1.807, 2.05) is 51.1 Å². The lowest BCUT2D eigenvalue weighted by atomic mass is 9.62. The minimum atomic E-state index is -0.693. The van der Waals surface area contributed by atoms with Crippen LogP contribution in [0, 0.1) is 14.9 Å². The Balaban J connectivity index is 1.59. The van der Waals surface area contributed by atoms with E-state index in [1.165, 1.54) is 0 Å². The molecular weight excluding hydrogens is 467 g/mol. The maximum absolute atomic E-state index is 12.8. The first-order valence-electron chi connectivity index (χ1n) is 10.0. The van der Waals surface area contributed by atoms with Gasteiger partial charge >= 0.3 is 5.97 Å². The number of hydrogen-bond acceptors (Lipinski definition) is 4. The highest BCUT2D eigenvalue weighted by Gasteiger charge is 2.44. The minimum absolute atomic E-state index is 0.0681. The molecule has 1 aromatic carbocycles. The molecule has 0 N–H and O–H groups in total. The quantitative estimate of drug-likeness (QED) is 0.444. The highest BCUT2D eigenvalue weighted by Crippen LogP contribution is 2.48. The summed E-state index contributed by atoms with van der Waals surface area (Å²) in [5.41, 5.74) is -0.633. The van der Waals surface area contributed by atoms with Crippen molar-refractivity contribution in [2.45, 2.75) is 71.3 Å². The molecule has 0 atom stereocenters. The van der Waals surface area contributed by atoms with E-state index in [0.29, 0.717) is 28.7 Å². The van der Waals surface area contributed by atoms with E-state index in [0.717, 1.165) is 29.3 Å². The fourth-order valence-corrected chi connectivity index (χ4v) is 6.59. The van der Waals surface area contributed by atoms with E-state index in [1.54, 1.807) is 0 Å². The van der Waals surface area contributed by atoms with Crippen LogP contribution in [0.3, 0.4) is 0 Å². The molecule has 0 aliphatic heterocycles. The van der Waals surface area contributed by atoms with E-state index in [-0.39, 0.29) is 23.0 Å². The third-order valence-electron chi connectivity index (χ3n) is 5.54. The Bertz CT molecular complexity index is 759. The molecule has 2 aliphatic rings. The average Bonchev–Trinajstić information content (AvgIpc) is 2.60. The van der Waals surface area contributed by atoms with Gasteiger partial charge in [-0.05, 0) is 69.9 Å². The number of carbonyl (C=O) groups excluding carboxylic acids is 3. The van der Waals surface area contributed by atoms with Crippen molar-refractivity contribution in [3.63, 3.8) is 0 Å². The van der Waals surface area contributed by atoms with Crippen molar-refractivity contribution in [1.29, 1.82) is 0 Å². The predicted molar refractivity (Wildman–Crippen MR) is 118 cm³/mol. The first kappa shape index (κ1) is 21.3. The van der Waals surface area contributed by atoms with Gasteiger partial charge in [0.05, 0.1) is 3.51 Å². The van der Waals surface area contributed by atoms with Crippen LogP contribution in [-0.2, 0) is 19.1 Å². The lowest BCUT2D eigenvalue weighted by Gasteiger charge is -2.42. The van der Waals surface area contributed by atoms with Gasteiger partial charge in [-0.1, -0.05) is 38.9 Å². The normalized spacial score (nSPS) is 25.8. The van der Waals surface area contributed by atoms with Crippen molar-refractivity contribution >= 4 is 41.8 Å². The molecule has 1 spiro atoms. The molecule has 0 unspecified atom stereocenters. The molecule has 0 heterocycles. The number of rotatable bonds is 3.